The maximum atomic E-state index is 12.2. The average molecular weight is 431 g/mol. The van der Waals surface area contributed by atoms with E-state index in [1.807, 2.05) is 18.2 Å². The highest BCUT2D eigenvalue weighted by atomic mass is 28.3. The highest BCUT2D eigenvalue weighted by Crippen LogP contribution is 2.40. The molecule has 1 atom stereocenters. The SMILES string of the molecule is CC(C)(C)[Si](C[C@H](C=O)CCOCc1ccccc1)(c1ccccc1)c1ccccc1. The van der Waals surface area contributed by atoms with E-state index in [0.29, 0.717) is 13.2 Å². The summed E-state index contributed by atoms with van der Waals surface area (Å²) in [6.07, 6.45) is 1.91. The van der Waals surface area contributed by atoms with Gasteiger partial charge < -0.3 is 9.53 Å². The van der Waals surface area contributed by atoms with Crippen molar-refractivity contribution in [3.8, 4) is 0 Å². The fraction of sp³-hybridized carbons (Fsp3) is 0.321. The molecule has 0 fully saturated rings. The fourth-order valence-corrected chi connectivity index (χ4v) is 10.4. The first kappa shape index (κ1) is 23.2. The Bertz CT molecular complexity index is 878. The van der Waals surface area contributed by atoms with Gasteiger partial charge in [0.05, 0.1) is 6.61 Å². The van der Waals surface area contributed by atoms with Gasteiger partial charge in [-0.1, -0.05) is 122 Å². The number of benzene rings is 3. The Kier molecular flexibility index (Phi) is 8.00. The molecule has 3 heteroatoms. The lowest BCUT2D eigenvalue weighted by atomic mass is 10.1. The van der Waals surface area contributed by atoms with Gasteiger partial charge >= 0.3 is 0 Å². The Morgan fingerprint density at radius 2 is 1.29 bits per heavy atom. The van der Waals surface area contributed by atoms with Crippen LogP contribution in [0.5, 0.6) is 0 Å². The third-order valence-corrected chi connectivity index (χ3v) is 12.7. The minimum absolute atomic E-state index is 0.0259. The number of carbonyl (C=O) groups is 1. The summed E-state index contributed by atoms with van der Waals surface area (Å²) in [6.45, 7) is 8.20. The van der Waals surface area contributed by atoms with E-state index in [9.17, 15) is 4.79 Å². The van der Waals surface area contributed by atoms with Crippen LogP contribution >= 0.6 is 0 Å². The van der Waals surface area contributed by atoms with Crippen molar-refractivity contribution >= 4 is 24.7 Å². The second-order valence-electron chi connectivity index (χ2n) is 9.31. The lowest BCUT2D eigenvalue weighted by Crippen LogP contribution is -2.65. The van der Waals surface area contributed by atoms with Crippen molar-refractivity contribution < 1.29 is 9.53 Å². The van der Waals surface area contributed by atoms with E-state index < -0.39 is 8.07 Å². The number of rotatable bonds is 10. The third kappa shape index (κ3) is 5.60. The van der Waals surface area contributed by atoms with Gasteiger partial charge in [-0.25, -0.2) is 0 Å². The molecule has 0 aromatic heterocycles. The molecule has 0 aliphatic rings. The topological polar surface area (TPSA) is 26.3 Å². The van der Waals surface area contributed by atoms with Gasteiger partial charge in [-0.3, -0.25) is 0 Å². The van der Waals surface area contributed by atoms with Gasteiger partial charge in [0, 0.05) is 12.5 Å². The van der Waals surface area contributed by atoms with Gasteiger partial charge in [0.1, 0.15) is 14.4 Å². The van der Waals surface area contributed by atoms with Crippen molar-refractivity contribution in [3.63, 3.8) is 0 Å². The predicted molar refractivity (Wildman–Crippen MR) is 133 cm³/mol. The highest BCUT2D eigenvalue weighted by Gasteiger charge is 2.48. The molecule has 0 aliphatic heterocycles. The van der Waals surface area contributed by atoms with E-state index in [2.05, 4.69) is 93.6 Å². The largest absolute Gasteiger partial charge is 0.377 e. The van der Waals surface area contributed by atoms with E-state index in [4.69, 9.17) is 4.74 Å². The molecule has 0 unspecified atom stereocenters. The second-order valence-corrected chi connectivity index (χ2v) is 14.2. The summed E-state index contributed by atoms with van der Waals surface area (Å²) in [5.41, 5.74) is 1.16. The molecule has 0 saturated carbocycles. The standard InChI is InChI=1S/C28H34O2Si/c1-28(2,3)31(26-15-9-5-10-16-26,27-17-11-6-12-18-27)23-25(21-29)19-20-30-22-24-13-7-4-8-14-24/h4-18,21,25H,19-20,22-23H2,1-3H3/t25-/m0/s1. The molecule has 3 aromatic carbocycles. The first-order chi connectivity index (χ1) is 15.0. The smallest absolute Gasteiger partial charge is 0.124 e. The predicted octanol–water partition coefficient (Wildman–Crippen LogP) is 5.47. The highest BCUT2D eigenvalue weighted by molar-refractivity contribution is 7.04. The Hall–Kier alpha value is -2.49. The van der Waals surface area contributed by atoms with Crippen LogP contribution in [0, 0.1) is 5.92 Å². The average Bonchev–Trinajstić information content (AvgIpc) is 2.80. The molecule has 0 bridgehead atoms. The van der Waals surface area contributed by atoms with Crippen LogP contribution in [0.4, 0.5) is 0 Å². The number of ether oxygens (including phenoxy) is 1. The summed E-state index contributed by atoms with van der Waals surface area (Å²) in [4.78, 5) is 12.2. The molecule has 3 rings (SSSR count). The van der Waals surface area contributed by atoms with Gasteiger partial charge in [0.25, 0.3) is 0 Å². The van der Waals surface area contributed by atoms with Crippen LogP contribution in [0.2, 0.25) is 11.1 Å². The van der Waals surface area contributed by atoms with E-state index in [-0.39, 0.29) is 11.0 Å². The first-order valence-electron chi connectivity index (χ1n) is 11.2. The van der Waals surface area contributed by atoms with Crippen LogP contribution in [-0.2, 0) is 16.1 Å². The third-order valence-electron chi connectivity index (χ3n) is 6.32. The summed E-state index contributed by atoms with van der Waals surface area (Å²) in [5.74, 6) is -0.0259. The molecule has 0 amide bonds. The lowest BCUT2D eigenvalue weighted by molar-refractivity contribution is -0.111. The van der Waals surface area contributed by atoms with Crippen molar-refractivity contribution in [2.45, 2.75) is 44.9 Å². The van der Waals surface area contributed by atoms with E-state index in [1.54, 1.807) is 0 Å². The molecule has 0 spiro atoms. The maximum Gasteiger partial charge on any atom is 0.124 e. The molecule has 0 aliphatic carbocycles. The molecule has 31 heavy (non-hydrogen) atoms. The van der Waals surface area contributed by atoms with Gasteiger partial charge in [-0.2, -0.15) is 0 Å². The van der Waals surface area contributed by atoms with Crippen LogP contribution in [0.3, 0.4) is 0 Å². The van der Waals surface area contributed by atoms with Crippen LogP contribution in [0.15, 0.2) is 91.0 Å². The summed E-state index contributed by atoms with van der Waals surface area (Å²) >= 11 is 0. The summed E-state index contributed by atoms with van der Waals surface area (Å²) in [7, 11) is -2.24. The lowest BCUT2D eigenvalue weighted by Gasteiger charge is -2.45. The van der Waals surface area contributed by atoms with Crippen molar-refractivity contribution in [2.24, 2.45) is 5.92 Å². The monoisotopic (exact) mass is 430 g/mol. The zero-order chi connectivity index (χ0) is 22.2. The van der Waals surface area contributed by atoms with Crippen molar-refractivity contribution in [1.29, 1.82) is 0 Å². The Labute approximate surface area is 188 Å². The van der Waals surface area contributed by atoms with E-state index >= 15 is 0 Å². The van der Waals surface area contributed by atoms with Crippen molar-refractivity contribution in [2.75, 3.05) is 6.61 Å². The molecule has 0 N–H and O–H groups in total. The zero-order valence-electron chi connectivity index (χ0n) is 19.0. The summed E-state index contributed by atoms with van der Waals surface area (Å²) < 4.78 is 5.92. The summed E-state index contributed by atoms with van der Waals surface area (Å²) in [6, 6.07) is 32.8. The number of hydrogen-bond acceptors (Lipinski definition) is 2. The Morgan fingerprint density at radius 3 is 1.74 bits per heavy atom. The molecule has 2 nitrogen and oxygen atoms in total. The number of aldehydes is 1. The second kappa shape index (κ2) is 10.7. The molecule has 0 saturated heterocycles. The number of hydrogen-bond donors (Lipinski definition) is 0. The van der Waals surface area contributed by atoms with Crippen LogP contribution in [0.25, 0.3) is 0 Å². The number of carbonyl (C=O) groups excluding carboxylic acids is 1. The molecular weight excluding hydrogens is 396 g/mol. The molecule has 3 aromatic rings. The van der Waals surface area contributed by atoms with Crippen molar-refractivity contribution in [3.05, 3.63) is 96.6 Å². The van der Waals surface area contributed by atoms with Crippen LogP contribution in [-0.4, -0.2) is 21.0 Å². The minimum atomic E-state index is -2.24. The van der Waals surface area contributed by atoms with Crippen LogP contribution in [0.1, 0.15) is 32.8 Å². The summed E-state index contributed by atoms with van der Waals surface area (Å²) in [5, 5.41) is 2.85. The van der Waals surface area contributed by atoms with Gasteiger partial charge in [0.2, 0.25) is 0 Å². The quantitative estimate of drug-likeness (QED) is 0.242. The first-order valence-corrected chi connectivity index (χ1v) is 13.4. The van der Waals surface area contributed by atoms with E-state index in [1.165, 1.54) is 10.4 Å². The molecule has 0 heterocycles. The molecular formula is C28H34O2Si. The maximum absolute atomic E-state index is 12.2. The van der Waals surface area contributed by atoms with Crippen LogP contribution < -0.4 is 10.4 Å². The minimum Gasteiger partial charge on any atom is -0.377 e. The molecule has 162 valence electrons. The van der Waals surface area contributed by atoms with Gasteiger partial charge in [0.15, 0.2) is 0 Å². The Balaban J connectivity index is 1.84. The van der Waals surface area contributed by atoms with Gasteiger partial charge in [-0.15, -0.1) is 0 Å². The van der Waals surface area contributed by atoms with E-state index in [0.717, 1.165) is 24.3 Å². The van der Waals surface area contributed by atoms with Gasteiger partial charge in [-0.05, 0) is 23.1 Å². The van der Waals surface area contributed by atoms with Crippen molar-refractivity contribution in [1.82, 2.24) is 0 Å². The molecule has 0 radical (unpaired) electrons. The fourth-order valence-electron chi connectivity index (χ4n) is 4.63. The Morgan fingerprint density at radius 1 is 0.806 bits per heavy atom. The zero-order valence-corrected chi connectivity index (χ0v) is 20.0. The normalized spacial score (nSPS) is 13.0.